The van der Waals surface area contributed by atoms with E-state index in [2.05, 4.69) is 13.8 Å². The molecular formula is C21H31FN2O3. The molecule has 1 heterocycles. The molecule has 0 radical (unpaired) electrons. The molecule has 0 aliphatic carbocycles. The molecule has 0 aromatic heterocycles. The van der Waals surface area contributed by atoms with Gasteiger partial charge in [0.25, 0.3) is 0 Å². The van der Waals surface area contributed by atoms with E-state index in [0.29, 0.717) is 25.6 Å². The van der Waals surface area contributed by atoms with E-state index in [1.54, 1.807) is 21.9 Å². The molecule has 1 aromatic carbocycles. The fourth-order valence-corrected chi connectivity index (χ4v) is 3.17. The van der Waals surface area contributed by atoms with Gasteiger partial charge in [0, 0.05) is 25.0 Å². The van der Waals surface area contributed by atoms with Crippen LogP contribution < -0.4 is 0 Å². The van der Waals surface area contributed by atoms with E-state index in [1.807, 2.05) is 20.8 Å². The Bertz CT molecular complexity index is 670. The third-order valence-corrected chi connectivity index (χ3v) is 4.42. The zero-order valence-electron chi connectivity index (χ0n) is 17.0. The molecule has 27 heavy (non-hydrogen) atoms. The van der Waals surface area contributed by atoms with Crippen molar-refractivity contribution in [3.63, 3.8) is 0 Å². The van der Waals surface area contributed by atoms with Crippen LogP contribution in [0.3, 0.4) is 0 Å². The van der Waals surface area contributed by atoms with Gasteiger partial charge >= 0.3 is 0 Å². The maximum absolute atomic E-state index is 13.4. The van der Waals surface area contributed by atoms with Crippen LogP contribution in [0.15, 0.2) is 24.3 Å². The van der Waals surface area contributed by atoms with Crippen molar-refractivity contribution in [2.24, 2.45) is 11.3 Å². The number of halogens is 1. The van der Waals surface area contributed by atoms with Crippen molar-refractivity contribution in [2.75, 3.05) is 26.2 Å². The Hall–Kier alpha value is -1.95. The standard InChI is InChI=1S/C21H31FN2O3/c1-15(2)10-23-11-18(27-14-16-7-6-8-17(22)9-16)12-24(13-19(23)25)20(26)21(3,4)5/h6-9,15,18H,10-14H2,1-5H3. The molecule has 0 saturated carbocycles. The van der Waals surface area contributed by atoms with E-state index in [9.17, 15) is 14.0 Å². The van der Waals surface area contributed by atoms with Gasteiger partial charge in [0.15, 0.2) is 0 Å². The summed E-state index contributed by atoms with van der Waals surface area (Å²) in [5, 5.41) is 0. The predicted molar refractivity (Wildman–Crippen MR) is 102 cm³/mol. The van der Waals surface area contributed by atoms with Crippen LogP contribution in [0, 0.1) is 17.2 Å². The number of carbonyl (C=O) groups is 2. The van der Waals surface area contributed by atoms with Crippen molar-refractivity contribution >= 4 is 11.8 Å². The lowest BCUT2D eigenvalue weighted by Crippen LogP contribution is -2.45. The minimum Gasteiger partial charge on any atom is -0.370 e. The zero-order chi connectivity index (χ0) is 20.2. The highest BCUT2D eigenvalue weighted by Crippen LogP contribution is 2.21. The highest BCUT2D eigenvalue weighted by molar-refractivity contribution is 5.87. The molecule has 0 bridgehead atoms. The predicted octanol–water partition coefficient (Wildman–Crippen LogP) is 3.08. The molecular weight excluding hydrogens is 347 g/mol. The summed E-state index contributed by atoms with van der Waals surface area (Å²) in [6.45, 7) is 11.4. The SMILES string of the molecule is CC(C)CN1CC(OCc2cccc(F)c2)CN(C(=O)C(C)(C)C)CC1=O. The summed E-state index contributed by atoms with van der Waals surface area (Å²) < 4.78 is 19.4. The van der Waals surface area contributed by atoms with E-state index in [0.717, 1.165) is 5.56 Å². The summed E-state index contributed by atoms with van der Waals surface area (Å²) in [6.07, 6.45) is -0.315. The van der Waals surface area contributed by atoms with Gasteiger partial charge in [0.05, 0.1) is 19.3 Å². The van der Waals surface area contributed by atoms with Gasteiger partial charge in [0.2, 0.25) is 11.8 Å². The van der Waals surface area contributed by atoms with Crippen molar-refractivity contribution < 1.29 is 18.7 Å². The lowest BCUT2D eigenvalue weighted by Gasteiger charge is -2.29. The van der Waals surface area contributed by atoms with Crippen LogP contribution in [0.2, 0.25) is 0 Å². The zero-order valence-corrected chi connectivity index (χ0v) is 17.0. The maximum Gasteiger partial charge on any atom is 0.242 e. The largest absolute Gasteiger partial charge is 0.370 e. The fourth-order valence-electron chi connectivity index (χ4n) is 3.17. The first-order chi connectivity index (χ1) is 12.6. The van der Waals surface area contributed by atoms with Crippen LogP contribution >= 0.6 is 0 Å². The van der Waals surface area contributed by atoms with Gasteiger partial charge in [-0.2, -0.15) is 0 Å². The Balaban J connectivity index is 2.15. The summed E-state index contributed by atoms with van der Waals surface area (Å²) in [7, 11) is 0. The van der Waals surface area contributed by atoms with Crippen LogP contribution in [-0.2, 0) is 20.9 Å². The average Bonchev–Trinajstić information content (AvgIpc) is 2.70. The highest BCUT2D eigenvalue weighted by Gasteiger charge is 2.35. The third kappa shape index (κ3) is 6.31. The number of benzene rings is 1. The lowest BCUT2D eigenvalue weighted by molar-refractivity contribution is -0.144. The smallest absolute Gasteiger partial charge is 0.242 e. The molecule has 1 fully saturated rings. The highest BCUT2D eigenvalue weighted by atomic mass is 19.1. The van der Waals surface area contributed by atoms with Crippen LogP contribution in [0.5, 0.6) is 0 Å². The van der Waals surface area contributed by atoms with Crippen LogP contribution in [0.4, 0.5) is 4.39 Å². The first kappa shape index (κ1) is 21.4. The molecule has 1 aliphatic rings. The van der Waals surface area contributed by atoms with Crippen LogP contribution in [0.1, 0.15) is 40.2 Å². The molecule has 0 spiro atoms. The van der Waals surface area contributed by atoms with Gasteiger partial charge in [-0.3, -0.25) is 9.59 Å². The van der Waals surface area contributed by atoms with Crippen LogP contribution in [0.25, 0.3) is 0 Å². The molecule has 5 nitrogen and oxygen atoms in total. The van der Waals surface area contributed by atoms with E-state index < -0.39 is 5.41 Å². The maximum atomic E-state index is 13.4. The average molecular weight is 378 g/mol. The second kappa shape index (κ2) is 8.83. The molecule has 150 valence electrons. The first-order valence-electron chi connectivity index (χ1n) is 9.49. The van der Waals surface area contributed by atoms with Crippen molar-refractivity contribution in [3.8, 4) is 0 Å². The number of carbonyl (C=O) groups excluding carboxylic acids is 2. The Kier molecular flexibility index (Phi) is 6.98. The summed E-state index contributed by atoms with van der Waals surface area (Å²) in [5.74, 6) is -0.111. The fraction of sp³-hybridized carbons (Fsp3) is 0.619. The van der Waals surface area contributed by atoms with E-state index in [-0.39, 0.29) is 36.9 Å². The lowest BCUT2D eigenvalue weighted by atomic mass is 9.94. The monoisotopic (exact) mass is 378 g/mol. The summed E-state index contributed by atoms with van der Waals surface area (Å²) in [4.78, 5) is 28.8. The number of amides is 2. The van der Waals surface area contributed by atoms with E-state index in [1.165, 1.54) is 12.1 Å². The normalized spacial score (nSPS) is 18.8. The molecule has 1 saturated heterocycles. The minimum atomic E-state index is -0.569. The minimum absolute atomic E-state index is 0.0573. The Morgan fingerprint density at radius 3 is 2.59 bits per heavy atom. The molecule has 2 amide bonds. The number of hydrogen-bond donors (Lipinski definition) is 0. The summed E-state index contributed by atoms with van der Waals surface area (Å²) >= 11 is 0. The second-order valence-electron chi connectivity index (χ2n) is 8.69. The van der Waals surface area contributed by atoms with E-state index in [4.69, 9.17) is 4.74 Å². The van der Waals surface area contributed by atoms with Gasteiger partial charge in [-0.15, -0.1) is 0 Å². The van der Waals surface area contributed by atoms with Crippen molar-refractivity contribution in [1.29, 1.82) is 0 Å². The topological polar surface area (TPSA) is 49.9 Å². The number of nitrogens with zero attached hydrogens (tertiary/aromatic N) is 2. The molecule has 1 aromatic rings. The van der Waals surface area contributed by atoms with Crippen molar-refractivity contribution in [3.05, 3.63) is 35.6 Å². The summed E-state index contributed by atoms with van der Waals surface area (Å²) in [6, 6.07) is 6.27. The van der Waals surface area contributed by atoms with Gasteiger partial charge in [-0.25, -0.2) is 4.39 Å². The van der Waals surface area contributed by atoms with Gasteiger partial charge < -0.3 is 14.5 Å². The van der Waals surface area contributed by atoms with Gasteiger partial charge in [0.1, 0.15) is 5.82 Å². The van der Waals surface area contributed by atoms with Crippen molar-refractivity contribution in [1.82, 2.24) is 9.80 Å². The van der Waals surface area contributed by atoms with Gasteiger partial charge in [-0.1, -0.05) is 46.8 Å². The summed E-state index contributed by atoms with van der Waals surface area (Å²) in [5.41, 5.74) is 0.162. The molecule has 6 heteroatoms. The molecule has 1 atom stereocenters. The number of rotatable bonds is 5. The molecule has 1 unspecified atom stereocenters. The van der Waals surface area contributed by atoms with Gasteiger partial charge in [-0.05, 0) is 23.6 Å². The molecule has 0 N–H and O–H groups in total. The first-order valence-corrected chi connectivity index (χ1v) is 9.49. The van der Waals surface area contributed by atoms with Crippen LogP contribution in [-0.4, -0.2) is 53.9 Å². The Labute approximate surface area is 161 Å². The third-order valence-electron chi connectivity index (χ3n) is 4.42. The second-order valence-corrected chi connectivity index (χ2v) is 8.69. The molecule has 2 rings (SSSR count). The quantitative estimate of drug-likeness (QED) is 0.791. The Morgan fingerprint density at radius 1 is 1.30 bits per heavy atom. The number of hydrogen-bond acceptors (Lipinski definition) is 3. The van der Waals surface area contributed by atoms with Crippen molar-refractivity contribution in [2.45, 2.75) is 47.3 Å². The Morgan fingerprint density at radius 2 is 2.00 bits per heavy atom. The molecule has 1 aliphatic heterocycles. The van der Waals surface area contributed by atoms with E-state index >= 15 is 0 Å². The number of ether oxygens (including phenoxy) is 1.